The number of hydrogen-bond donors (Lipinski definition) is 2. The molecule has 2 aromatic rings. The first-order valence-corrected chi connectivity index (χ1v) is 7.63. The molecular weight excluding hydrogens is 344 g/mol. The van der Waals surface area contributed by atoms with E-state index in [4.69, 9.17) is 11.5 Å². The molecule has 0 aliphatic carbocycles. The summed E-state index contributed by atoms with van der Waals surface area (Å²) >= 11 is 0. The van der Waals surface area contributed by atoms with E-state index in [1.54, 1.807) is 18.9 Å². The monoisotopic (exact) mass is 359 g/mol. The third kappa shape index (κ3) is 2.86. The number of phenols is 1. The number of halogens is 2. The van der Waals surface area contributed by atoms with Crippen LogP contribution in [0.2, 0.25) is 0 Å². The van der Waals surface area contributed by atoms with Gasteiger partial charge in [0, 0.05) is 24.9 Å². The third-order valence-corrected chi connectivity index (χ3v) is 4.10. The van der Waals surface area contributed by atoms with Crippen LogP contribution < -0.4 is 15.1 Å². The highest BCUT2D eigenvalue weighted by atomic mass is 19.1. The van der Waals surface area contributed by atoms with Gasteiger partial charge in [-0.15, -0.1) is 6.42 Å². The average molecular weight is 359 g/mol. The molecule has 1 amide bonds. The fourth-order valence-corrected chi connectivity index (χ4v) is 2.59. The van der Waals surface area contributed by atoms with E-state index in [0.717, 1.165) is 12.1 Å². The van der Waals surface area contributed by atoms with E-state index in [1.165, 1.54) is 11.1 Å². The van der Waals surface area contributed by atoms with Crippen molar-refractivity contribution in [1.29, 1.82) is 0 Å². The summed E-state index contributed by atoms with van der Waals surface area (Å²) in [7, 11) is 1.70. The lowest BCUT2D eigenvalue weighted by molar-refractivity contribution is -0.119. The second-order valence-electron chi connectivity index (χ2n) is 5.73. The number of nitrogens with zero attached hydrogens (tertiary/aromatic N) is 4. The first-order valence-electron chi connectivity index (χ1n) is 7.63. The van der Waals surface area contributed by atoms with Gasteiger partial charge < -0.3 is 15.3 Å². The largest absolute Gasteiger partial charge is 0.503 e. The quantitative estimate of drug-likeness (QED) is 0.645. The van der Waals surface area contributed by atoms with Crippen molar-refractivity contribution in [3.63, 3.8) is 0 Å². The van der Waals surface area contributed by atoms with E-state index in [-0.39, 0.29) is 24.1 Å². The van der Waals surface area contributed by atoms with Crippen molar-refractivity contribution >= 4 is 29.0 Å². The van der Waals surface area contributed by atoms with Crippen molar-refractivity contribution in [2.24, 2.45) is 0 Å². The van der Waals surface area contributed by atoms with Gasteiger partial charge in [0.05, 0.1) is 12.7 Å². The van der Waals surface area contributed by atoms with Crippen LogP contribution in [0.5, 0.6) is 5.75 Å². The number of aromatic nitrogens is 2. The van der Waals surface area contributed by atoms with E-state index in [9.17, 15) is 13.6 Å². The minimum absolute atomic E-state index is 0.0285. The smallest absolute Gasteiger partial charge is 0.250 e. The minimum atomic E-state index is -1.11. The Balaban J connectivity index is 1.98. The van der Waals surface area contributed by atoms with Gasteiger partial charge in [-0.1, -0.05) is 5.92 Å². The number of carbonyl (C=O) groups excluding carboxylic acids is 1. The van der Waals surface area contributed by atoms with E-state index in [1.807, 2.05) is 0 Å². The van der Waals surface area contributed by atoms with Gasteiger partial charge in [0.25, 0.3) is 0 Å². The number of anilines is 4. The molecule has 1 aromatic carbocycles. The lowest BCUT2D eigenvalue weighted by atomic mass is 10.1. The molecule has 3 rings (SSSR count). The van der Waals surface area contributed by atoms with E-state index < -0.39 is 23.4 Å². The maximum atomic E-state index is 13.5. The fraction of sp³-hybridized carbons (Fsp3) is 0.235. The second kappa shape index (κ2) is 6.48. The van der Waals surface area contributed by atoms with Crippen LogP contribution in [0.3, 0.4) is 0 Å². The standard InChI is InChI=1S/C17H15F2N5O2/c1-4-5-24-13-8-20-17(22-15(13)23(3)9(2)16(24)26)21-10-6-11(18)14(25)12(19)7-10/h1,6-9,25H,5H2,2-3H3,(H,20,21,22)/t9-/m1/s1. The zero-order valence-corrected chi connectivity index (χ0v) is 14.0. The van der Waals surface area contributed by atoms with Crippen molar-refractivity contribution in [3.05, 3.63) is 30.0 Å². The summed E-state index contributed by atoms with van der Waals surface area (Å²) in [6.07, 6.45) is 6.74. The molecule has 1 atom stereocenters. The zero-order chi connectivity index (χ0) is 19.0. The van der Waals surface area contributed by atoms with Crippen molar-refractivity contribution in [2.75, 3.05) is 28.7 Å². The Labute approximate surface area is 148 Å². The number of aromatic hydroxyl groups is 1. The van der Waals surface area contributed by atoms with Crippen LogP contribution in [-0.2, 0) is 4.79 Å². The average Bonchev–Trinajstić information content (AvgIpc) is 2.61. The van der Waals surface area contributed by atoms with Crippen LogP contribution in [-0.4, -0.2) is 40.6 Å². The lowest BCUT2D eigenvalue weighted by Crippen LogP contribution is -2.51. The fourth-order valence-electron chi connectivity index (χ4n) is 2.59. The summed E-state index contributed by atoms with van der Waals surface area (Å²) in [6.45, 7) is 1.79. The summed E-state index contributed by atoms with van der Waals surface area (Å²) in [5.74, 6) is -0.506. The molecule has 1 aliphatic rings. The van der Waals surface area contributed by atoms with Gasteiger partial charge in [-0.2, -0.15) is 4.98 Å². The molecule has 2 heterocycles. The van der Waals surface area contributed by atoms with E-state index in [0.29, 0.717) is 11.5 Å². The Bertz CT molecular complexity index is 905. The molecule has 7 nitrogen and oxygen atoms in total. The number of terminal acetylenes is 1. The van der Waals surface area contributed by atoms with Gasteiger partial charge in [0.15, 0.2) is 23.2 Å². The summed E-state index contributed by atoms with van der Waals surface area (Å²) in [6, 6.07) is 1.35. The first-order chi connectivity index (χ1) is 12.3. The molecule has 1 aliphatic heterocycles. The lowest BCUT2D eigenvalue weighted by Gasteiger charge is -2.37. The van der Waals surface area contributed by atoms with E-state index in [2.05, 4.69) is 21.2 Å². The van der Waals surface area contributed by atoms with Crippen LogP contribution in [0.4, 0.5) is 31.9 Å². The predicted molar refractivity (Wildman–Crippen MR) is 92.4 cm³/mol. The van der Waals surface area contributed by atoms with E-state index >= 15 is 0 Å². The Morgan fingerprint density at radius 1 is 1.38 bits per heavy atom. The summed E-state index contributed by atoms with van der Waals surface area (Å²) in [5, 5.41) is 11.8. The normalized spacial score (nSPS) is 16.3. The first kappa shape index (κ1) is 17.4. The van der Waals surface area contributed by atoms with Crippen molar-refractivity contribution < 1.29 is 18.7 Å². The predicted octanol–water partition coefficient (Wildman–Crippen LogP) is 2.01. The number of hydrogen-bond acceptors (Lipinski definition) is 6. The molecule has 1 aromatic heterocycles. The molecule has 9 heteroatoms. The highest BCUT2D eigenvalue weighted by Gasteiger charge is 2.34. The number of amides is 1. The summed E-state index contributed by atoms with van der Waals surface area (Å²) in [4.78, 5) is 23.8. The Hall–Kier alpha value is -3.41. The Morgan fingerprint density at radius 3 is 2.65 bits per heavy atom. The van der Waals surface area contributed by atoms with Crippen LogP contribution >= 0.6 is 0 Å². The summed E-state index contributed by atoms with van der Waals surface area (Å²) < 4.78 is 26.9. The van der Waals surface area contributed by atoms with Crippen molar-refractivity contribution in [3.8, 4) is 18.1 Å². The number of phenolic OH excluding ortho intramolecular Hbond substituents is 1. The van der Waals surface area contributed by atoms with Crippen LogP contribution in [0, 0.1) is 24.0 Å². The second-order valence-corrected chi connectivity index (χ2v) is 5.73. The van der Waals surface area contributed by atoms with Gasteiger partial charge in [0.2, 0.25) is 11.9 Å². The molecule has 0 unspecified atom stereocenters. The number of likely N-dealkylation sites (N-methyl/N-ethyl adjacent to an activating group) is 1. The molecule has 0 saturated carbocycles. The number of nitrogens with one attached hydrogen (secondary N) is 1. The molecule has 26 heavy (non-hydrogen) atoms. The topological polar surface area (TPSA) is 81.6 Å². The molecule has 0 fully saturated rings. The molecule has 0 radical (unpaired) electrons. The molecule has 0 spiro atoms. The van der Waals surface area contributed by atoms with Gasteiger partial charge in [0.1, 0.15) is 11.7 Å². The highest BCUT2D eigenvalue weighted by Crippen LogP contribution is 2.34. The zero-order valence-electron chi connectivity index (χ0n) is 14.0. The van der Waals surface area contributed by atoms with Gasteiger partial charge >= 0.3 is 0 Å². The molecule has 2 N–H and O–H groups in total. The number of carbonyl (C=O) groups is 1. The van der Waals surface area contributed by atoms with Gasteiger partial charge in [-0.3, -0.25) is 9.69 Å². The van der Waals surface area contributed by atoms with Crippen molar-refractivity contribution in [1.82, 2.24) is 9.97 Å². The van der Waals surface area contributed by atoms with Crippen LogP contribution in [0.15, 0.2) is 18.3 Å². The molecular formula is C17H15F2N5O2. The van der Waals surface area contributed by atoms with Crippen LogP contribution in [0.1, 0.15) is 6.92 Å². The number of benzene rings is 1. The molecule has 134 valence electrons. The Morgan fingerprint density at radius 2 is 2.04 bits per heavy atom. The minimum Gasteiger partial charge on any atom is -0.503 e. The third-order valence-electron chi connectivity index (χ3n) is 4.10. The van der Waals surface area contributed by atoms with Crippen molar-refractivity contribution in [2.45, 2.75) is 13.0 Å². The SMILES string of the molecule is C#CCN1C(=O)[C@@H](C)N(C)c2nc(Nc3cc(F)c(O)c(F)c3)ncc21. The maximum Gasteiger partial charge on any atom is 0.250 e. The summed E-state index contributed by atoms with van der Waals surface area (Å²) in [5.41, 5.74) is 0.475. The van der Waals surface area contributed by atoms with Crippen LogP contribution in [0.25, 0.3) is 0 Å². The number of fused-ring (bicyclic) bond motifs is 1. The van der Waals surface area contributed by atoms with Gasteiger partial charge in [-0.05, 0) is 6.92 Å². The Kier molecular flexibility index (Phi) is 4.34. The van der Waals surface area contributed by atoms with Gasteiger partial charge in [-0.25, -0.2) is 13.8 Å². The number of rotatable bonds is 3. The maximum absolute atomic E-state index is 13.5. The highest BCUT2D eigenvalue weighted by molar-refractivity contribution is 6.04. The molecule has 0 saturated heterocycles. The molecule has 0 bridgehead atoms.